The lowest BCUT2D eigenvalue weighted by Crippen LogP contribution is -2.43. The van der Waals surface area contributed by atoms with Crippen molar-refractivity contribution in [1.29, 1.82) is 0 Å². The van der Waals surface area contributed by atoms with Crippen LogP contribution < -0.4 is 11.1 Å². The summed E-state index contributed by atoms with van der Waals surface area (Å²) in [5.41, 5.74) is 5.24. The van der Waals surface area contributed by atoms with E-state index in [9.17, 15) is 4.79 Å². The fourth-order valence-electron chi connectivity index (χ4n) is 1.58. The summed E-state index contributed by atoms with van der Waals surface area (Å²) >= 11 is 0. The Hall–Kier alpha value is -0.610. The number of nitrogens with zero attached hydrogens (tertiary/aromatic N) is 1. The Bertz CT molecular complexity index is 210. The van der Waals surface area contributed by atoms with E-state index in [2.05, 4.69) is 24.1 Å². The zero-order valence-electron chi connectivity index (χ0n) is 9.88. The number of nitrogens with two attached hydrogens (primary N) is 1. The van der Waals surface area contributed by atoms with Gasteiger partial charge in [0, 0.05) is 6.54 Å². The average Bonchev–Trinajstić information content (AvgIpc) is 2.98. The van der Waals surface area contributed by atoms with Gasteiger partial charge in [0.25, 0.3) is 0 Å². The molecule has 3 N–H and O–H groups in total. The second kappa shape index (κ2) is 5.47. The number of hydrogen-bond acceptors (Lipinski definition) is 3. The summed E-state index contributed by atoms with van der Waals surface area (Å²) in [6, 6.07) is 0. The Morgan fingerprint density at radius 3 is 2.47 bits per heavy atom. The van der Waals surface area contributed by atoms with Gasteiger partial charge in [0.1, 0.15) is 0 Å². The Kier molecular flexibility index (Phi) is 4.54. The van der Waals surface area contributed by atoms with Crippen molar-refractivity contribution in [2.24, 2.45) is 5.73 Å². The highest BCUT2D eigenvalue weighted by molar-refractivity contribution is 5.88. The van der Waals surface area contributed by atoms with Crippen LogP contribution in [0.15, 0.2) is 0 Å². The molecule has 0 aromatic heterocycles. The molecule has 0 aromatic carbocycles. The summed E-state index contributed by atoms with van der Waals surface area (Å²) in [6.07, 6.45) is 2.69. The molecule has 0 spiro atoms. The zero-order valence-corrected chi connectivity index (χ0v) is 9.88. The normalized spacial score (nSPS) is 17.9. The van der Waals surface area contributed by atoms with Crippen molar-refractivity contribution < 1.29 is 4.79 Å². The maximum Gasteiger partial charge on any atom is 0.240 e. The molecule has 88 valence electrons. The third-order valence-corrected chi connectivity index (χ3v) is 3.07. The smallest absolute Gasteiger partial charge is 0.240 e. The predicted molar refractivity (Wildman–Crippen MR) is 61.6 cm³/mol. The number of nitrogens with one attached hydrogen (secondary N) is 1. The molecule has 1 aliphatic rings. The molecule has 0 saturated heterocycles. The third-order valence-electron chi connectivity index (χ3n) is 3.07. The SMILES string of the molecule is CCN(CC)CCCNC(=O)C1(N)CC1. The molecular formula is C11H23N3O. The minimum absolute atomic E-state index is 0.0297. The zero-order chi connectivity index (χ0) is 11.3. The molecule has 0 aromatic rings. The van der Waals surface area contributed by atoms with Gasteiger partial charge in [-0.1, -0.05) is 13.8 Å². The van der Waals surface area contributed by atoms with E-state index < -0.39 is 5.54 Å². The summed E-state index contributed by atoms with van der Waals surface area (Å²) in [6.45, 7) is 8.25. The van der Waals surface area contributed by atoms with Crippen LogP contribution in [0.25, 0.3) is 0 Å². The van der Waals surface area contributed by atoms with Gasteiger partial charge in [-0.25, -0.2) is 0 Å². The second-order valence-electron chi connectivity index (χ2n) is 4.29. The van der Waals surface area contributed by atoms with E-state index in [4.69, 9.17) is 5.73 Å². The maximum atomic E-state index is 11.5. The lowest BCUT2D eigenvalue weighted by Gasteiger charge is -2.18. The summed E-state index contributed by atoms with van der Waals surface area (Å²) in [7, 11) is 0. The highest BCUT2D eigenvalue weighted by Gasteiger charge is 2.45. The van der Waals surface area contributed by atoms with Crippen LogP contribution in [0.3, 0.4) is 0 Å². The van der Waals surface area contributed by atoms with E-state index >= 15 is 0 Å². The van der Waals surface area contributed by atoms with Gasteiger partial charge < -0.3 is 16.0 Å². The largest absolute Gasteiger partial charge is 0.354 e. The van der Waals surface area contributed by atoms with Gasteiger partial charge in [-0.2, -0.15) is 0 Å². The molecule has 1 aliphatic carbocycles. The predicted octanol–water partition coefficient (Wildman–Crippen LogP) is 0.326. The molecule has 0 aliphatic heterocycles. The molecule has 4 heteroatoms. The van der Waals surface area contributed by atoms with Crippen molar-refractivity contribution in [3.05, 3.63) is 0 Å². The van der Waals surface area contributed by atoms with Crippen LogP contribution in [-0.2, 0) is 4.79 Å². The van der Waals surface area contributed by atoms with E-state index in [1.54, 1.807) is 0 Å². The molecule has 0 atom stereocenters. The second-order valence-corrected chi connectivity index (χ2v) is 4.29. The maximum absolute atomic E-state index is 11.5. The van der Waals surface area contributed by atoms with Crippen molar-refractivity contribution in [2.45, 2.75) is 38.6 Å². The number of amides is 1. The first-order chi connectivity index (χ1) is 7.12. The fourth-order valence-corrected chi connectivity index (χ4v) is 1.58. The Labute approximate surface area is 92.2 Å². The van der Waals surface area contributed by atoms with Gasteiger partial charge in [0.05, 0.1) is 5.54 Å². The third kappa shape index (κ3) is 3.80. The van der Waals surface area contributed by atoms with Gasteiger partial charge in [0.2, 0.25) is 5.91 Å². The molecule has 1 amide bonds. The average molecular weight is 213 g/mol. The van der Waals surface area contributed by atoms with Crippen molar-refractivity contribution in [1.82, 2.24) is 10.2 Å². The van der Waals surface area contributed by atoms with Crippen molar-refractivity contribution >= 4 is 5.91 Å². The van der Waals surface area contributed by atoms with E-state index in [1.165, 1.54) is 0 Å². The minimum Gasteiger partial charge on any atom is -0.354 e. The van der Waals surface area contributed by atoms with Crippen LogP contribution >= 0.6 is 0 Å². The Balaban J connectivity index is 2.04. The molecular weight excluding hydrogens is 190 g/mol. The first-order valence-corrected chi connectivity index (χ1v) is 5.92. The van der Waals surface area contributed by atoms with Crippen LogP contribution in [0.5, 0.6) is 0 Å². The quantitative estimate of drug-likeness (QED) is 0.599. The standard InChI is InChI=1S/C11H23N3O/c1-3-14(4-2)9-5-8-13-10(15)11(12)6-7-11/h3-9,12H2,1-2H3,(H,13,15). The molecule has 1 rings (SSSR count). The summed E-state index contributed by atoms with van der Waals surface area (Å²) < 4.78 is 0. The van der Waals surface area contributed by atoms with Gasteiger partial charge in [-0.3, -0.25) is 4.79 Å². The molecule has 0 radical (unpaired) electrons. The fraction of sp³-hybridized carbons (Fsp3) is 0.909. The summed E-state index contributed by atoms with van der Waals surface area (Å²) in [5, 5.41) is 2.90. The van der Waals surface area contributed by atoms with E-state index in [-0.39, 0.29) is 5.91 Å². The monoisotopic (exact) mass is 213 g/mol. The van der Waals surface area contributed by atoms with Gasteiger partial charge in [-0.15, -0.1) is 0 Å². The van der Waals surface area contributed by atoms with E-state index in [1.807, 2.05) is 0 Å². The molecule has 1 saturated carbocycles. The topological polar surface area (TPSA) is 58.4 Å². The Morgan fingerprint density at radius 2 is 2.00 bits per heavy atom. The lowest BCUT2D eigenvalue weighted by atomic mass is 10.2. The first kappa shape index (κ1) is 12.5. The van der Waals surface area contributed by atoms with Crippen LogP contribution in [-0.4, -0.2) is 42.5 Å². The number of rotatable bonds is 7. The van der Waals surface area contributed by atoms with Crippen molar-refractivity contribution in [3.63, 3.8) is 0 Å². The lowest BCUT2D eigenvalue weighted by molar-refractivity contribution is -0.123. The van der Waals surface area contributed by atoms with Gasteiger partial charge in [-0.05, 0) is 38.9 Å². The molecule has 0 heterocycles. The summed E-state index contributed by atoms with van der Waals surface area (Å²) in [5.74, 6) is 0.0297. The molecule has 0 unspecified atom stereocenters. The molecule has 1 fully saturated rings. The number of carbonyl (C=O) groups excluding carboxylic acids is 1. The van der Waals surface area contributed by atoms with Crippen LogP contribution in [0, 0.1) is 0 Å². The molecule has 0 bridgehead atoms. The number of hydrogen-bond donors (Lipinski definition) is 2. The van der Waals surface area contributed by atoms with Crippen molar-refractivity contribution in [3.8, 4) is 0 Å². The molecule has 4 nitrogen and oxygen atoms in total. The van der Waals surface area contributed by atoms with Crippen molar-refractivity contribution in [2.75, 3.05) is 26.2 Å². The summed E-state index contributed by atoms with van der Waals surface area (Å²) in [4.78, 5) is 13.8. The highest BCUT2D eigenvalue weighted by atomic mass is 16.2. The van der Waals surface area contributed by atoms with E-state index in [0.717, 1.165) is 45.4 Å². The van der Waals surface area contributed by atoms with Gasteiger partial charge in [0.15, 0.2) is 0 Å². The van der Waals surface area contributed by atoms with Crippen LogP contribution in [0.4, 0.5) is 0 Å². The van der Waals surface area contributed by atoms with Crippen LogP contribution in [0.1, 0.15) is 33.1 Å². The number of carbonyl (C=O) groups is 1. The highest BCUT2D eigenvalue weighted by Crippen LogP contribution is 2.31. The van der Waals surface area contributed by atoms with Crippen LogP contribution in [0.2, 0.25) is 0 Å². The minimum atomic E-state index is -0.519. The molecule has 15 heavy (non-hydrogen) atoms. The van der Waals surface area contributed by atoms with Gasteiger partial charge >= 0.3 is 0 Å². The first-order valence-electron chi connectivity index (χ1n) is 5.92. The van der Waals surface area contributed by atoms with E-state index in [0.29, 0.717) is 0 Å². The Morgan fingerprint density at radius 1 is 1.40 bits per heavy atom.